The van der Waals surface area contributed by atoms with Crippen molar-refractivity contribution in [3.05, 3.63) is 19.8 Å². The van der Waals surface area contributed by atoms with Crippen molar-refractivity contribution in [3.8, 4) is 0 Å². The highest BCUT2D eigenvalue weighted by atomic mass is 127. The number of nitrogens with zero attached hydrogens (tertiary/aromatic N) is 2. The monoisotopic (exact) mass is 371 g/mol. The third kappa shape index (κ3) is 1.24. The molecule has 0 bridgehead atoms. The van der Waals surface area contributed by atoms with E-state index in [0.717, 1.165) is 14.7 Å². The molecule has 0 aliphatic rings. The van der Waals surface area contributed by atoms with E-state index in [1.165, 1.54) is 3.57 Å². The molecule has 0 atom stereocenters. The van der Waals surface area contributed by atoms with E-state index in [2.05, 4.69) is 60.1 Å². The fourth-order valence-corrected chi connectivity index (χ4v) is 2.74. The molecule has 0 aliphatic carbocycles. The molecule has 0 unspecified atom stereocenters. The molecule has 2 rings (SSSR count). The Morgan fingerprint density at radius 3 is 2.82 bits per heavy atom. The molecule has 0 saturated heterocycles. The second-order valence-electron chi connectivity index (χ2n) is 2.02. The van der Waals surface area contributed by atoms with Gasteiger partial charge in [-0.1, -0.05) is 0 Å². The zero-order chi connectivity index (χ0) is 7.84. The van der Waals surface area contributed by atoms with Crippen molar-refractivity contribution < 1.29 is 0 Å². The minimum atomic E-state index is 0.911. The Morgan fingerprint density at radius 2 is 2.09 bits per heavy atom. The third-order valence-electron chi connectivity index (χ3n) is 1.38. The van der Waals surface area contributed by atoms with Crippen LogP contribution < -0.4 is 0 Å². The fourth-order valence-electron chi connectivity index (χ4n) is 0.889. The third-order valence-corrected chi connectivity index (χ3v) is 3.04. The van der Waals surface area contributed by atoms with E-state index in [9.17, 15) is 0 Å². The number of nitrogens with one attached hydrogen (secondary N) is 1. The number of hydrogen-bond acceptors (Lipinski definition) is 2. The topological polar surface area (TPSA) is 41.6 Å². The molecule has 56 valence electrons. The largest absolute Gasteiger partial charge is 0.345 e. The Bertz CT molecular complexity index is 396. The molecular formula is C6H3I2N3. The van der Waals surface area contributed by atoms with Gasteiger partial charge in [0.05, 0.1) is 5.39 Å². The van der Waals surface area contributed by atoms with E-state index < -0.39 is 0 Å². The summed E-state index contributed by atoms with van der Waals surface area (Å²) in [6, 6.07) is 0. The van der Waals surface area contributed by atoms with E-state index in [1.807, 2.05) is 6.20 Å². The molecule has 2 aromatic heterocycles. The normalized spacial score (nSPS) is 10.7. The molecule has 5 heteroatoms. The second-order valence-corrected chi connectivity index (χ2v) is 4.21. The van der Waals surface area contributed by atoms with Crippen LogP contribution in [0.4, 0.5) is 0 Å². The maximum Gasteiger partial charge on any atom is 0.142 e. The summed E-state index contributed by atoms with van der Waals surface area (Å²) in [5.41, 5.74) is 0.911. The van der Waals surface area contributed by atoms with Gasteiger partial charge >= 0.3 is 0 Å². The molecule has 11 heavy (non-hydrogen) atoms. The van der Waals surface area contributed by atoms with Crippen LogP contribution in [0, 0.1) is 7.27 Å². The van der Waals surface area contributed by atoms with Crippen LogP contribution in [0.3, 0.4) is 0 Å². The van der Waals surface area contributed by atoms with E-state index in [4.69, 9.17) is 0 Å². The van der Waals surface area contributed by atoms with E-state index in [-0.39, 0.29) is 0 Å². The van der Waals surface area contributed by atoms with Crippen LogP contribution in [0.5, 0.6) is 0 Å². The average Bonchev–Trinajstić information content (AvgIpc) is 2.34. The minimum absolute atomic E-state index is 0.911. The average molecular weight is 371 g/mol. The lowest BCUT2D eigenvalue weighted by Gasteiger charge is -1.90. The van der Waals surface area contributed by atoms with Crippen molar-refractivity contribution in [2.45, 2.75) is 0 Å². The Hall–Kier alpha value is 0.0800. The Kier molecular flexibility index (Phi) is 2.00. The molecule has 0 aromatic carbocycles. The van der Waals surface area contributed by atoms with Crippen molar-refractivity contribution in [2.24, 2.45) is 0 Å². The van der Waals surface area contributed by atoms with Gasteiger partial charge in [0.15, 0.2) is 0 Å². The first kappa shape index (κ1) is 7.71. The first-order chi connectivity index (χ1) is 5.29. The first-order valence-electron chi connectivity index (χ1n) is 2.92. The Labute approximate surface area is 90.3 Å². The van der Waals surface area contributed by atoms with Crippen LogP contribution >= 0.6 is 45.2 Å². The molecule has 0 aliphatic heterocycles. The number of aromatic amines is 1. The van der Waals surface area contributed by atoms with Gasteiger partial charge in [0.2, 0.25) is 0 Å². The van der Waals surface area contributed by atoms with E-state index >= 15 is 0 Å². The number of aromatic nitrogens is 3. The highest BCUT2D eigenvalue weighted by Crippen LogP contribution is 2.21. The lowest BCUT2D eigenvalue weighted by molar-refractivity contribution is 1.17. The van der Waals surface area contributed by atoms with E-state index in [1.54, 1.807) is 6.33 Å². The number of fused-ring (bicyclic) bond motifs is 1. The summed E-state index contributed by atoms with van der Waals surface area (Å²) in [6.45, 7) is 0. The van der Waals surface area contributed by atoms with Gasteiger partial charge in [-0.05, 0) is 45.2 Å². The van der Waals surface area contributed by atoms with Crippen LogP contribution in [-0.2, 0) is 0 Å². The number of hydrogen-bond donors (Lipinski definition) is 1. The van der Waals surface area contributed by atoms with Gasteiger partial charge in [0.25, 0.3) is 0 Å². The van der Waals surface area contributed by atoms with Gasteiger partial charge in [-0.15, -0.1) is 0 Å². The van der Waals surface area contributed by atoms with Crippen LogP contribution in [0.2, 0.25) is 0 Å². The predicted molar refractivity (Wildman–Crippen MR) is 59.3 cm³/mol. The molecule has 0 radical (unpaired) electrons. The summed E-state index contributed by atoms with van der Waals surface area (Å²) in [4.78, 5) is 11.2. The van der Waals surface area contributed by atoms with Gasteiger partial charge in [-0.25, -0.2) is 9.97 Å². The molecule has 2 heterocycles. The molecule has 0 amide bonds. The summed E-state index contributed by atoms with van der Waals surface area (Å²) in [5.74, 6) is 0. The summed E-state index contributed by atoms with van der Waals surface area (Å²) >= 11 is 4.47. The van der Waals surface area contributed by atoms with Crippen molar-refractivity contribution in [1.82, 2.24) is 15.0 Å². The zero-order valence-electron chi connectivity index (χ0n) is 5.31. The summed E-state index contributed by atoms with van der Waals surface area (Å²) in [5, 5.41) is 1.12. The van der Waals surface area contributed by atoms with Gasteiger partial charge in [0, 0.05) is 9.77 Å². The standard InChI is InChI=1S/C6H3I2N3/c7-3-1-9-6-4(3)5(8)10-2-11-6/h1-2H,(H,9,10,11). The molecule has 1 N–H and O–H groups in total. The van der Waals surface area contributed by atoms with Crippen LogP contribution in [0.15, 0.2) is 12.5 Å². The van der Waals surface area contributed by atoms with Crippen molar-refractivity contribution >= 4 is 56.2 Å². The van der Waals surface area contributed by atoms with Gasteiger partial charge in [-0.2, -0.15) is 0 Å². The summed E-state index contributed by atoms with van der Waals surface area (Å²) in [7, 11) is 0. The van der Waals surface area contributed by atoms with Crippen molar-refractivity contribution in [3.63, 3.8) is 0 Å². The second kappa shape index (κ2) is 2.85. The molecule has 0 spiro atoms. The van der Waals surface area contributed by atoms with E-state index in [0.29, 0.717) is 0 Å². The maximum absolute atomic E-state index is 4.09. The highest BCUT2D eigenvalue weighted by molar-refractivity contribution is 14.1. The maximum atomic E-state index is 4.09. The summed E-state index contributed by atoms with van der Waals surface area (Å²) < 4.78 is 2.17. The molecule has 0 saturated carbocycles. The Balaban J connectivity index is 2.96. The number of halogens is 2. The van der Waals surface area contributed by atoms with Gasteiger partial charge in [-0.3, -0.25) is 0 Å². The quantitative estimate of drug-likeness (QED) is 0.570. The molecule has 0 fully saturated rings. The molecule has 2 aromatic rings. The zero-order valence-corrected chi connectivity index (χ0v) is 9.62. The van der Waals surface area contributed by atoms with Crippen molar-refractivity contribution in [1.29, 1.82) is 0 Å². The predicted octanol–water partition coefficient (Wildman–Crippen LogP) is 2.17. The lowest BCUT2D eigenvalue weighted by Crippen LogP contribution is -1.84. The molecule has 3 nitrogen and oxygen atoms in total. The number of rotatable bonds is 0. The van der Waals surface area contributed by atoms with Gasteiger partial charge in [0.1, 0.15) is 15.7 Å². The fraction of sp³-hybridized carbons (Fsp3) is 0. The van der Waals surface area contributed by atoms with Crippen LogP contribution in [0.25, 0.3) is 11.0 Å². The van der Waals surface area contributed by atoms with Gasteiger partial charge < -0.3 is 4.98 Å². The van der Waals surface area contributed by atoms with Crippen LogP contribution in [0.1, 0.15) is 0 Å². The highest BCUT2D eigenvalue weighted by Gasteiger charge is 2.05. The smallest absolute Gasteiger partial charge is 0.142 e. The summed E-state index contributed by atoms with van der Waals surface area (Å²) in [6.07, 6.45) is 3.50. The van der Waals surface area contributed by atoms with Crippen LogP contribution in [-0.4, -0.2) is 15.0 Å². The SMILES string of the molecule is Ic1c[nH]c2ncnc(I)c12. The number of H-pyrrole nitrogens is 1. The minimum Gasteiger partial charge on any atom is -0.345 e. The lowest BCUT2D eigenvalue weighted by atomic mass is 10.4. The first-order valence-corrected chi connectivity index (χ1v) is 5.08. The Morgan fingerprint density at radius 1 is 1.27 bits per heavy atom. The molecular weight excluding hydrogens is 368 g/mol. The van der Waals surface area contributed by atoms with Crippen molar-refractivity contribution in [2.75, 3.05) is 0 Å².